The maximum Gasteiger partial charge on any atom is 0.255 e. The van der Waals surface area contributed by atoms with E-state index in [1.54, 1.807) is 36.4 Å². The largest absolute Gasteiger partial charge is 0.859 e. The van der Waals surface area contributed by atoms with Crippen LogP contribution in [0.25, 0.3) is 0 Å². The standard InChI is InChI=1S/C31H30Cl2FN3O7S/c1-45(42,43)36-25-8-4-5-9-26(25)37-28(21-12-11-18(32)15-23(21)33)27(19-6-2-3-7-20(19)30(37)39)29(38)35-44-16-17-10-13-24(34)22(14-17)31(40)41/h2-3,6-7,10-15,25-28,36H,4-5,8-9,16H2,1H3,(H,35,38)(H,40,41)/p-2/t25-,26-,27+,28-/m0/s1. The molecule has 0 aromatic heterocycles. The van der Waals surface area contributed by atoms with Crippen LogP contribution in [0.1, 0.15) is 75.0 Å². The van der Waals surface area contributed by atoms with Gasteiger partial charge in [0, 0.05) is 45.1 Å². The number of hydrogen-bond acceptors (Lipinski definition) is 8. The number of nitrogens with one attached hydrogen (secondary N) is 1. The minimum absolute atomic E-state index is 0.188. The Balaban J connectivity index is 1.61. The molecule has 1 saturated carbocycles. The monoisotopic (exact) mass is 675 g/mol. The van der Waals surface area contributed by atoms with Gasteiger partial charge in [-0.3, -0.25) is 4.79 Å². The molecule has 1 aliphatic carbocycles. The quantitative estimate of drug-likeness (QED) is 0.207. The summed E-state index contributed by atoms with van der Waals surface area (Å²) in [6, 6.07) is 12.2. The number of benzene rings is 3. The summed E-state index contributed by atoms with van der Waals surface area (Å²) >= 11 is 12.9. The summed E-state index contributed by atoms with van der Waals surface area (Å²) in [5.41, 5.74) is 0.574. The molecule has 1 amide bonds. The van der Waals surface area contributed by atoms with Gasteiger partial charge in [0.05, 0.1) is 18.3 Å². The van der Waals surface area contributed by atoms with E-state index < -0.39 is 63.2 Å². The van der Waals surface area contributed by atoms with Gasteiger partial charge >= 0.3 is 0 Å². The van der Waals surface area contributed by atoms with Gasteiger partial charge in [0.15, 0.2) is 0 Å². The number of sulfonamides is 1. The van der Waals surface area contributed by atoms with Crippen molar-refractivity contribution in [3.8, 4) is 0 Å². The lowest BCUT2D eigenvalue weighted by molar-refractivity contribution is -0.255. The fraction of sp³-hybridized carbons (Fsp3) is 0.323. The van der Waals surface area contributed by atoms with Crippen LogP contribution >= 0.6 is 23.2 Å². The molecule has 0 unspecified atom stereocenters. The van der Waals surface area contributed by atoms with Crippen LogP contribution in [-0.2, 0) is 21.5 Å². The van der Waals surface area contributed by atoms with Crippen LogP contribution in [0.4, 0.5) is 4.39 Å². The zero-order chi connectivity index (χ0) is 32.5. The van der Waals surface area contributed by atoms with Gasteiger partial charge in [0.2, 0.25) is 10.0 Å². The zero-order valence-corrected chi connectivity index (χ0v) is 26.2. The Morgan fingerprint density at radius 3 is 2.51 bits per heavy atom. The van der Waals surface area contributed by atoms with Crippen molar-refractivity contribution in [2.75, 3.05) is 6.26 Å². The van der Waals surface area contributed by atoms with Crippen molar-refractivity contribution in [2.45, 2.75) is 56.3 Å². The van der Waals surface area contributed by atoms with Crippen LogP contribution in [0.15, 0.2) is 65.8 Å². The SMILES string of the molecule is CS(=O)(=O)N[C@H]1CCCC[C@@H]1N1C(=O)c2ccccc2[C@@H](/C([O-])=N\OCc2ccc(F)c(C(=O)[O-])c2)[C@@H]1c1ccc(Cl)cc1Cl. The molecule has 1 fully saturated rings. The van der Waals surface area contributed by atoms with Crippen molar-refractivity contribution in [2.24, 2.45) is 5.16 Å². The Bertz CT molecular complexity index is 1770. The summed E-state index contributed by atoms with van der Waals surface area (Å²) in [4.78, 5) is 32.4. The third-order valence-corrected chi connectivity index (χ3v) is 9.31. The highest BCUT2D eigenvalue weighted by atomic mass is 35.5. The highest BCUT2D eigenvalue weighted by Gasteiger charge is 2.47. The molecule has 1 N–H and O–H groups in total. The van der Waals surface area contributed by atoms with E-state index in [2.05, 4.69) is 9.88 Å². The van der Waals surface area contributed by atoms with Gasteiger partial charge in [-0.1, -0.05) is 66.4 Å². The third-order valence-electron chi connectivity index (χ3n) is 8.01. The number of amides is 1. The second-order valence-corrected chi connectivity index (χ2v) is 13.7. The van der Waals surface area contributed by atoms with Gasteiger partial charge < -0.3 is 24.7 Å². The topological polar surface area (TPSA) is 151 Å². The lowest BCUT2D eigenvalue weighted by atomic mass is 9.77. The maximum absolute atomic E-state index is 14.3. The van der Waals surface area contributed by atoms with E-state index in [1.165, 1.54) is 17.0 Å². The molecule has 1 heterocycles. The molecule has 3 aromatic rings. The van der Waals surface area contributed by atoms with E-state index in [9.17, 15) is 32.6 Å². The molecule has 45 heavy (non-hydrogen) atoms. The van der Waals surface area contributed by atoms with Crippen molar-refractivity contribution in [1.82, 2.24) is 9.62 Å². The average molecular weight is 677 g/mol. The van der Waals surface area contributed by atoms with Gasteiger partial charge in [-0.05, 0) is 59.9 Å². The number of carboxylic acids is 1. The minimum Gasteiger partial charge on any atom is -0.859 e. The number of carboxylic acid groups (broad SMARTS) is 1. The summed E-state index contributed by atoms with van der Waals surface area (Å²) in [5, 5.41) is 29.6. The first-order valence-electron chi connectivity index (χ1n) is 14.1. The molecule has 2 aliphatic rings. The highest BCUT2D eigenvalue weighted by molar-refractivity contribution is 7.88. The van der Waals surface area contributed by atoms with Crippen molar-refractivity contribution in [1.29, 1.82) is 0 Å². The number of nitrogens with zero attached hydrogens (tertiary/aromatic N) is 2. The molecule has 5 rings (SSSR count). The Morgan fingerprint density at radius 2 is 1.80 bits per heavy atom. The summed E-state index contributed by atoms with van der Waals surface area (Å²) < 4.78 is 41.2. The lowest BCUT2D eigenvalue weighted by Crippen LogP contribution is -2.59. The fourth-order valence-corrected chi connectivity index (χ4v) is 7.50. The first-order chi connectivity index (χ1) is 21.4. The number of carbonyl (C=O) groups is 2. The smallest absolute Gasteiger partial charge is 0.255 e. The highest BCUT2D eigenvalue weighted by Crippen LogP contribution is 2.47. The normalized spacial score (nSPS) is 22.2. The Hall–Kier alpha value is -3.71. The van der Waals surface area contributed by atoms with Crippen molar-refractivity contribution in [3.05, 3.63) is 104 Å². The van der Waals surface area contributed by atoms with E-state index in [4.69, 9.17) is 28.0 Å². The van der Waals surface area contributed by atoms with E-state index in [0.29, 0.717) is 29.0 Å². The Morgan fingerprint density at radius 1 is 1.07 bits per heavy atom. The lowest BCUT2D eigenvalue weighted by Gasteiger charge is -2.50. The maximum atomic E-state index is 14.3. The molecular weight excluding hydrogens is 648 g/mol. The summed E-state index contributed by atoms with van der Waals surface area (Å²) in [6.45, 7) is -0.362. The second kappa shape index (κ2) is 13.3. The van der Waals surface area contributed by atoms with Gasteiger partial charge in [0.25, 0.3) is 5.91 Å². The molecule has 14 heteroatoms. The Labute approximate surface area is 269 Å². The molecule has 0 spiro atoms. The van der Waals surface area contributed by atoms with Gasteiger partial charge in [-0.2, -0.15) is 0 Å². The number of aromatic carboxylic acids is 1. The average Bonchev–Trinajstić information content (AvgIpc) is 2.97. The van der Waals surface area contributed by atoms with Gasteiger partial charge in [0.1, 0.15) is 12.4 Å². The minimum atomic E-state index is -3.65. The van der Waals surface area contributed by atoms with Crippen molar-refractivity contribution >= 4 is 51.0 Å². The third kappa shape index (κ3) is 7.09. The summed E-state index contributed by atoms with van der Waals surface area (Å²) in [6.07, 6.45) is 3.45. The number of rotatable bonds is 9. The first-order valence-corrected chi connectivity index (χ1v) is 16.7. The predicted molar refractivity (Wildman–Crippen MR) is 162 cm³/mol. The van der Waals surface area contributed by atoms with Crippen LogP contribution in [0.3, 0.4) is 0 Å². The molecule has 10 nitrogen and oxygen atoms in total. The predicted octanol–water partition coefficient (Wildman–Crippen LogP) is 3.53. The molecule has 0 bridgehead atoms. The van der Waals surface area contributed by atoms with E-state index >= 15 is 0 Å². The van der Waals surface area contributed by atoms with Gasteiger partial charge in [-0.25, -0.2) is 17.5 Å². The van der Waals surface area contributed by atoms with Crippen LogP contribution in [-0.4, -0.2) is 49.4 Å². The van der Waals surface area contributed by atoms with Crippen LogP contribution in [0, 0.1) is 5.82 Å². The van der Waals surface area contributed by atoms with Crippen LogP contribution in [0.5, 0.6) is 0 Å². The number of oxime groups is 1. The van der Waals surface area contributed by atoms with Crippen molar-refractivity contribution < 1.29 is 37.4 Å². The number of hydrogen-bond donors (Lipinski definition) is 1. The first kappa shape index (κ1) is 32.7. The number of fused-ring (bicyclic) bond motifs is 1. The fourth-order valence-electron chi connectivity index (χ4n) is 6.16. The molecule has 0 saturated heterocycles. The van der Waals surface area contributed by atoms with Gasteiger partial charge in [-0.15, -0.1) is 5.16 Å². The van der Waals surface area contributed by atoms with Crippen LogP contribution in [0.2, 0.25) is 10.0 Å². The van der Waals surface area contributed by atoms with E-state index in [1.807, 2.05) is 0 Å². The molecule has 3 aromatic carbocycles. The summed E-state index contributed by atoms with van der Waals surface area (Å²) in [7, 11) is -3.65. The van der Waals surface area contributed by atoms with E-state index in [-0.39, 0.29) is 22.8 Å². The number of halogens is 3. The second-order valence-electron chi connectivity index (χ2n) is 11.0. The van der Waals surface area contributed by atoms with Crippen LogP contribution < -0.4 is 14.9 Å². The van der Waals surface area contributed by atoms with Crippen molar-refractivity contribution in [3.63, 3.8) is 0 Å². The molecular formula is C31H28Cl2FN3O7S-2. The van der Waals surface area contributed by atoms with E-state index in [0.717, 1.165) is 31.2 Å². The zero-order valence-electron chi connectivity index (χ0n) is 23.9. The Kier molecular flexibility index (Phi) is 9.68. The molecule has 4 atom stereocenters. The number of carbonyl (C=O) groups excluding carboxylic acids is 2. The molecule has 238 valence electrons. The molecule has 0 radical (unpaired) electrons. The molecule has 1 aliphatic heterocycles. The summed E-state index contributed by atoms with van der Waals surface area (Å²) in [5.74, 6) is -5.00.